The minimum atomic E-state index is -0.413. The molecule has 0 saturated carbocycles. The predicted molar refractivity (Wildman–Crippen MR) is 122 cm³/mol. The fourth-order valence-corrected chi connectivity index (χ4v) is 3.98. The van der Waals surface area contributed by atoms with Crippen molar-refractivity contribution in [2.24, 2.45) is 0 Å². The van der Waals surface area contributed by atoms with E-state index in [0.29, 0.717) is 10.8 Å². The van der Waals surface area contributed by atoms with E-state index < -0.39 is 5.82 Å². The second-order valence-electron chi connectivity index (χ2n) is 8.04. The molecule has 0 spiro atoms. The largest absolute Gasteiger partial charge is 0.340 e. The zero-order valence-corrected chi connectivity index (χ0v) is 18.5. The van der Waals surface area contributed by atoms with Crippen molar-refractivity contribution >= 4 is 23.1 Å². The number of rotatable bonds is 5. The molecule has 0 aliphatic carbocycles. The summed E-state index contributed by atoms with van der Waals surface area (Å²) in [4.78, 5) is 13.4. The molecule has 1 saturated heterocycles. The third-order valence-corrected chi connectivity index (χ3v) is 5.74. The third kappa shape index (κ3) is 4.69. The van der Waals surface area contributed by atoms with Crippen LogP contribution >= 0.6 is 11.6 Å². The Morgan fingerprint density at radius 3 is 2.74 bits per heavy atom. The Morgan fingerprint density at radius 1 is 1.16 bits per heavy atom. The minimum absolute atomic E-state index is 0.110. The molecule has 0 radical (unpaired) electrons. The van der Waals surface area contributed by atoms with Crippen molar-refractivity contribution in [2.45, 2.75) is 38.8 Å². The summed E-state index contributed by atoms with van der Waals surface area (Å²) in [5, 5.41) is 11.0. The summed E-state index contributed by atoms with van der Waals surface area (Å²) in [7, 11) is 0. The van der Waals surface area contributed by atoms with Crippen LogP contribution in [0.15, 0.2) is 42.9 Å². The predicted octanol–water partition coefficient (Wildman–Crippen LogP) is 4.82. The van der Waals surface area contributed by atoms with Gasteiger partial charge >= 0.3 is 0 Å². The van der Waals surface area contributed by atoms with Gasteiger partial charge in [0.25, 0.3) is 0 Å². The number of pyridine rings is 1. The van der Waals surface area contributed by atoms with E-state index in [1.807, 2.05) is 12.3 Å². The first kappa shape index (κ1) is 21.6. The van der Waals surface area contributed by atoms with Crippen LogP contribution < -0.4 is 16.0 Å². The molecule has 0 amide bonds. The minimum Gasteiger partial charge on any atom is -0.340 e. The summed E-state index contributed by atoms with van der Waals surface area (Å²) < 4.78 is 14.4. The number of benzene rings is 1. The lowest BCUT2D eigenvalue weighted by Crippen LogP contribution is -2.49. The molecule has 0 bridgehead atoms. The van der Waals surface area contributed by atoms with Gasteiger partial charge in [0.1, 0.15) is 11.6 Å². The first-order valence-corrected chi connectivity index (χ1v) is 10.8. The lowest BCUT2D eigenvalue weighted by molar-refractivity contribution is 0.346. The SMILES string of the molecule is CC(C)c1cnc(-c2cc(Cl)ccc2F)nc1Nc1ccncc1C1NCCNC1C. The number of nitrogens with zero attached hydrogens (tertiary/aromatic N) is 3. The highest BCUT2D eigenvalue weighted by molar-refractivity contribution is 6.30. The molecule has 1 fully saturated rings. The molecular formula is C23H26ClFN6. The first-order valence-electron chi connectivity index (χ1n) is 10.4. The Hall–Kier alpha value is -2.61. The van der Waals surface area contributed by atoms with E-state index in [9.17, 15) is 4.39 Å². The van der Waals surface area contributed by atoms with Crippen LogP contribution in [0.5, 0.6) is 0 Å². The highest BCUT2D eigenvalue weighted by atomic mass is 35.5. The molecule has 2 aromatic heterocycles. The van der Waals surface area contributed by atoms with Crippen LogP contribution in [0.1, 0.15) is 43.9 Å². The van der Waals surface area contributed by atoms with E-state index in [1.54, 1.807) is 18.5 Å². The maximum atomic E-state index is 14.4. The van der Waals surface area contributed by atoms with Crippen LogP contribution in [-0.2, 0) is 0 Å². The molecule has 3 N–H and O–H groups in total. The summed E-state index contributed by atoms with van der Waals surface area (Å²) in [5.41, 5.74) is 3.16. The average Bonchev–Trinajstić information content (AvgIpc) is 2.76. The van der Waals surface area contributed by atoms with E-state index >= 15 is 0 Å². The van der Waals surface area contributed by atoms with Crippen LogP contribution in [0, 0.1) is 5.82 Å². The molecule has 2 unspecified atom stereocenters. The third-order valence-electron chi connectivity index (χ3n) is 5.50. The molecule has 3 aromatic rings. The topological polar surface area (TPSA) is 74.8 Å². The van der Waals surface area contributed by atoms with Crippen molar-refractivity contribution in [1.29, 1.82) is 0 Å². The molecule has 1 aliphatic rings. The molecule has 162 valence electrons. The van der Waals surface area contributed by atoms with E-state index in [4.69, 9.17) is 11.6 Å². The van der Waals surface area contributed by atoms with Crippen molar-refractivity contribution in [3.05, 3.63) is 64.8 Å². The average molecular weight is 441 g/mol. The van der Waals surface area contributed by atoms with E-state index in [-0.39, 0.29) is 29.4 Å². The van der Waals surface area contributed by atoms with Gasteiger partial charge in [-0.15, -0.1) is 0 Å². The van der Waals surface area contributed by atoms with Gasteiger partial charge in [-0.25, -0.2) is 14.4 Å². The monoisotopic (exact) mass is 440 g/mol. The molecule has 8 heteroatoms. The Labute approximate surface area is 186 Å². The molecule has 1 aliphatic heterocycles. The van der Waals surface area contributed by atoms with Crippen molar-refractivity contribution in [1.82, 2.24) is 25.6 Å². The van der Waals surface area contributed by atoms with Gasteiger partial charge in [-0.3, -0.25) is 4.98 Å². The lowest BCUT2D eigenvalue weighted by atomic mass is 9.98. The van der Waals surface area contributed by atoms with E-state index in [2.05, 4.69) is 51.7 Å². The number of halogens is 2. The van der Waals surface area contributed by atoms with E-state index in [0.717, 1.165) is 29.9 Å². The number of anilines is 2. The summed E-state index contributed by atoms with van der Waals surface area (Å²) in [6.45, 7) is 8.11. The molecule has 3 heterocycles. The zero-order valence-electron chi connectivity index (χ0n) is 17.8. The van der Waals surface area contributed by atoms with Crippen LogP contribution in [0.3, 0.4) is 0 Å². The van der Waals surface area contributed by atoms with Gasteiger partial charge in [0.05, 0.1) is 11.6 Å². The molecule has 4 rings (SSSR count). The van der Waals surface area contributed by atoms with Gasteiger partial charge in [0.2, 0.25) is 0 Å². The summed E-state index contributed by atoms with van der Waals surface area (Å²) >= 11 is 6.08. The first-order chi connectivity index (χ1) is 14.9. The number of hydrogen-bond donors (Lipinski definition) is 3. The van der Waals surface area contributed by atoms with Gasteiger partial charge in [-0.05, 0) is 37.1 Å². The molecular weight excluding hydrogens is 415 g/mol. The van der Waals surface area contributed by atoms with Gasteiger partial charge in [-0.2, -0.15) is 0 Å². The fourth-order valence-electron chi connectivity index (χ4n) is 3.81. The Morgan fingerprint density at radius 2 is 1.97 bits per heavy atom. The van der Waals surface area contributed by atoms with Gasteiger partial charge in [-0.1, -0.05) is 25.4 Å². The van der Waals surface area contributed by atoms with Crippen molar-refractivity contribution < 1.29 is 4.39 Å². The normalized spacial score (nSPS) is 18.9. The standard InChI is InChI=1S/C23H26ClFN6/c1-13(2)17-12-29-22(16-10-15(24)4-5-19(16)25)31-23(17)30-20-6-7-26-11-18(20)21-14(3)27-8-9-28-21/h4-7,10-14,21,27-28H,8-9H2,1-3H3,(H,26,29,30,31). The summed E-state index contributed by atoms with van der Waals surface area (Å²) in [5.74, 6) is 0.694. The Balaban J connectivity index is 1.75. The maximum Gasteiger partial charge on any atom is 0.164 e. The maximum absolute atomic E-state index is 14.4. The van der Waals surface area contributed by atoms with Gasteiger partial charge < -0.3 is 16.0 Å². The lowest BCUT2D eigenvalue weighted by Gasteiger charge is -2.32. The second-order valence-corrected chi connectivity index (χ2v) is 8.48. The molecule has 1 aromatic carbocycles. The van der Waals surface area contributed by atoms with Gasteiger partial charge in [0, 0.05) is 59.6 Å². The highest BCUT2D eigenvalue weighted by Gasteiger charge is 2.25. The summed E-state index contributed by atoms with van der Waals surface area (Å²) in [6, 6.07) is 6.68. The Kier molecular flexibility index (Phi) is 6.46. The van der Waals surface area contributed by atoms with Crippen LogP contribution in [0.4, 0.5) is 15.9 Å². The number of aromatic nitrogens is 3. The Bertz CT molecular complexity index is 1070. The molecule has 6 nitrogen and oxygen atoms in total. The van der Waals surface area contributed by atoms with Crippen molar-refractivity contribution in [3.63, 3.8) is 0 Å². The quantitative estimate of drug-likeness (QED) is 0.528. The van der Waals surface area contributed by atoms with Crippen LogP contribution in [0.2, 0.25) is 5.02 Å². The fraction of sp³-hybridized carbons (Fsp3) is 0.348. The van der Waals surface area contributed by atoms with Crippen molar-refractivity contribution in [2.75, 3.05) is 18.4 Å². The van der Waals surface area contributed by atoms with Gasteiger partial charge in [0.15, 0.2) is 5.82 Å². The molecule has 31 heavy (non-hydrogen) atoms. The summed E-state index contributed by atoms with van der Waals surface area (Å²) in [6.07, 6.45) is 5.37. The second kappa shape index (κ2) is 9.26. The van der Waals surface area contributed by atoms with Crippen molar-refractivity contribution in [3.8, 4) is 11.4 Å². The van der Waals surface area contributed by atoms with Crippen LogP contribution in [-0.4, -0.2) is 34.1 Å². The smallest absolute Gasteiger partial charge is 0.164 e. The molecule has 2 atom stereocenters. The number of hydrogen-bond acceptors (Lipinski definition) is 6. The van der Waals surface area contributed by atoms with Crippen LogP contribution in [0.25, 0.3) is 11.4 Å². The zero-order chi connectivity index (χ0) is 22.0. The number of piperazine rings is 1. The highest BCUT2D eigenvalue weighted by Crippen LogP contribution is 2.32. The van der Waals surface area contributed by atoms with E-state index in [1.165, 1.54) is 12.1 Å². The number of nitrogens with one attached hydrogen (secondary N) is 3.